The number of amides is 1. The molecular formula is C27H24F3N5O6. The monoisotopic (exact) mass is 571 g/mol. The van der Waals surface area contributed by atoms with Gasteiger partial charge in [0.1, 0.15) is 5.82 Å². The van der Waals surface area contributed by atoms with Gasteiger partial charge in [-0.2, -0.15) is 13.2 Å². The van der Waals surface area contributed by atoms with E-state index in [-0.39, 0.29) is 24.3 Å². The number of ether oxygens (including phenoxy) is 2. The number of rotatable bonds is 7. The number of anilines is 1. The highest BCUT2D eigenvalue weighted by Gasteiger charge is 2.70. The Kier molecular flexibility index (Phi) is 6.63. The summed E-state index contributed by atoms with van der Waals surface area (Å²) in [5.74, 6) is -1.46. The van der Waals surface area contributed by atoms with Crippen LogP contribution in [0.2, 0.25) is 0 Å². The van der Waals surface area contributed by atoms with Gasteiger partial charge in [0.15, 0.2) is 11.5 Å². The van der Waals surface area contributed by atoms with Crippen molar-refractivity contribution in [2.45, 2.75) is 31.5 Å². The van der Waals surface area contributed by atoms with Crippen LogP contribution in [0.3, 0.4) is 0 Å². The molecule has 3 N–H and O–H groups in total. The number of carbonyl (C=O) groups excluding carboxylic acids is 1. The van der Waals surface area contributed by atoms with E-state index in [0.29, 0.717) is 17.1 Å². The van der Waals surface area contributed by atoms with Gasteiger partial charge in [-0.1, -0.05) is 24.3 Å². The number of aromatic nitrogens is 4. The van der Waals surface area contributed by atoms with Crippen LogP contribution in [0.4, 0.5) is 19.0 Å². The summed E-state index contributed by atoms with van der Waals surface area (Å²) in [5.41, 5.74) is -8.80. The first-order valence-electron chi connectivity index (χ1n) is 12.3. The number of para-hydroxylation sites is 1. The summed E-state index contributed by atoms with van der Waals surface area (Å²) >= 11 is 0. The Morgan fingerprint density at radius 3 is 2.24 bits per heavy atom. The molecule has 0 spiro atoms. The molecule has 0 aliphatic carbocycles. The number of methoxy groups -OCH3 is 2. The van der Waals surface area contributed by atoms with Gasteiger partial charge < -0.3 is 14.8 Å². The standard InChI is InChI=1S/C27H24F3N5O6/c1-14-19(23(37)35(33-14)16-7-5-4-6-8-16)26(27(28,29)30)20-21(31-24(26)38)34(25(39)32-22(20)36)12-11-15-9-10-17(40-2)18(13-15)41-3/h4-10,13,33H,11-12H2,1-3H3,(H,31,38)(H,32,36,39). The molecule has 41 heavy (non-hydrogen) atoms. The molecule has 0 saturated carbocycles. The molecule has 1 atom stereocenters. The molecule has 0 bridgehead atoms. The van der Waals surface area contributed by atoms with Crippen molar-refractivity contribution < 1.29 is 27.4 Å². The smallest absolute Gasteiger partial charge is 0.411 e. The van der Waals surface area contributed by atoms with Crippen LogP contribution in [0, 0.1) is 6.92 Å². The molecule has 2 aromatic carbocycles. The maximum Gasteiger partial charge on any atom is 0.411 e. The molecule has 0 fully saturated rings. The highest BCUT2D eigenvalue weighted by atomic mass is 19.4. The lowest BCUT2D eigenvalue weighted by Crippen LogP contribution is -2.54. The number of halogens is 3. The van der Waals surface area contributed by atoms with Crippen LogP contribution >= 0.6 is 0 Å². The molecule has 1 aliphatic rings. The van der Waals surface area contributed by atoms with Crippen LogP contribution in [0.5, 0.6) is 11.5 Å². The van der Waals surface area contributed by atoms with Crippen molar-refractivity contribution in [3.05, 3.63) is 102 Å². The van der Waals surface area contributed by atoms with Gasteiger partial charge in [-0.15, -0.1) is 0 Å². The topological polar surface area (TPSA) is 140 Å². The fourth-order valence-corrected chi connectivity index (χ4v) is 5.25. The van der Waals surface area contributed by atoms with E-state index >= 15 is 13.2 Å². The van der Waals surface area contributed by atoms with E-state index in [1.165, 1.54) is 33.3 Å². The van der Waals surface area contributed by atoms with Crippen molar-refractivity contribution in [3.63, 3.8) is 0 Å². The summed E-state index contributed by atoms with van der Waals surface area (Å²) in [4.78, 5) is 54.7. The Balaban J connectivity index is 1.70. The SMILES string of the molecule is COc1ccc(CCn2c3c(c(=O)[nH]c2=O)C(c2c(C)[nH]n(-c4ccccc4)c2=O)(C(F)(F)F)C(=O)N3)cc1OC. The van der Waals surface area contributed by atoms with Gasteiger partial charge in [0.05, 0.1) is 31.0 Å². The van der Waals surface area contributed by atoms with Crippen LogP contribution < -0.4 is 31.6 Å². The molecule has 1 aliphatic heterocycles. The summed E-state index contributed by atoms with van der Waals surface area (Å²) < 4.78 is 57.6. The minimum atomic E-state index is -5.44. The average Bonchev–Trinajstić information content (AvgIpc) is 3.41. The van der Waals surface area contributed by atoms with Gasteiger partial charge in [-0.3, -0.25) is 29.0 Å². The number of benzene rings is 2. The van der Waals surface area contributed by atoms with E-state index in [1.54, 1.807) is 36.4 Å². The van der Waals surface area contributed by atoms with Gasteiger partial charge >= 0.3 is 11.9 Å². The van der Waals surface area contributed by atoms with Crippen molar-refractivity contribution >= 4 is 11.7 Å². The Morgan fingerprint density at radius 1 is 0.927 bits per heavy atom. The van der Waals surface area contributed by atoms with Crippen molar-refractivity contribution in [2.75, 3.05) is 19.5 Å². The first kappa shape index (κ1) is 27.6. The van der Waals surface area contributed by atoms with Crippen LogP contribution in [0.1, 0.15) is 22.4 Å². The van der Waals surface area contributed by atoms with Crippen LogP contribution in [0.25, 0.3) is 5.69 Å². The summed E-state index contributed by atoms with van der Waals surface area (Å²) in [6, 6.07) is 12.7. The zero-order chi connectivity index (χ0) is 29.7. The normalized spacial score (nSPS) is 16.4. The molecule has 0 saturated heterocycles. The number of hydrogen-bond donors (Lipinski definition) is 3. The number of H-pyrrole nitrogens is 2. The van der Waals surface area contributed by atoms with Crippen LogP contribution in [-0.4, -0.2) is 45.6 Å². The van der Waals surface area contributed by atoms with Crippen molar-refractivity contribution in [3.8, 4) is 17.2 Å². The van der Waals surface area contributed by atoms with Crippen molar-refractivity contribution in [1.29, 1.82) is 0 Å². The second-order valence-electron chi connectivity index (χ2n) is 9.36. The summed E-state index contributed by atoms with van der Waals surface area (Å²) in [7, 11) is 2.89. The number of aryl methyl sites for hydroxylation is 2. The highest BCUT2D eigenvalue weighted by Crippen LogP contribution is 2.51. The largest absolute Gasteiger partial charge is 0.493 e. The molecule has 214 valence electrons. The Hall–Kier alpha value is -5.01. The maximum atomic E-state index is 15.1. The fourth-order valence-electron chi connectivity index (χ4n) is 5.25. The predicted molar refractivity (Wildman–Crippen MR) is 141 cm³/mol. The number of nitrogens with one attached hydrogen (secondary N) is 3. The van der Waals surface area contributed by atoms with Gasteiger partial charge in [-0.25, -0.2) is 9.48 Å². The zero-order valence-corrected chi connectivity index (χ0v) is 22.0. The maximum absolute atomic E-state index is 15.1. The molecular weight excluding hydrogens is 547 g/mol. The number of carbonyl (C=O) groups is 1. The summed E-state index contributed by atoms with van der Waals surface area (Å²) in [6.45, 7) is 0.984. The summed E-state index contributed by atoms with van der Waals surface area (Å²) in [5, 5.41) is 4.69. The Morgan fingerprint density at radius 2 is 1.61 bits per heavy atom. The van der Waals surface area contributed by atoms with Gasteiger partial charge in [0.25, 0.3) is 17.0 Å². The summed E-state index contributed by atoms with van der Waals surface area (Å²) in [6.07, 6.45) is -5.33. The van der Waals surface area contributed by atoms with E-state index < -0.39 is 51.3 Å². The predicted octanol–water partition coefficient (Wildman–Crippen LogP) is 2.38. The second-order valence-corrected chi connectivity index (χ2v) is 9.36. The van der Waals surface area contributed by atoms with E-state index in [4.69, 9.17) is 9.47 Å². The minimum absolute atomic E-state index is 0.109. The van der Waals surface area contributed by atoms with Gasteiger partial charge in [0.2, 0.25) is 5.41 Å². The zero-order valence-electron chi connectivity index (χ0n) is 22.0. The molecule has 0 radical (unpaired) electrons. The molecule has 1 amide bonds. The number of aromatic amines is 2. The third kappa shape index (κ3) is 4.13. The van der Waals surface area contributed by atoms with Crippen molar-refractivity contribution in [1.82, 2.24) is 19.3 Å². The number of alkyl halides is 3. The van der Waals surface area contributed by atoms with Gasteiger partial charge in [-0.05, 0) is 43.2 Å². The molecule has 3 heterocycles. The second kappa shape index (κ2) is 9.87. The van der Waals surface area contributed by atoms with Crippen LogP contribution in [-0.2, 0) is 23.2 Å². The lowest BCUT2D eigenvalue weighted by atomic mass is 9.75. The molecule has 5 rings (SSSR count). The lowest BCUT2D eigenvalue weighted by Gasteiger charge is -2.28. The molecule has 1 unspecified atom stereocenters. The first-order chi connectivity index (χ1) is 19.4. The van der Waals surface area contributed by atoms with E-state index in [1.807, 2.05) is 4.98 Å². The molecule has 14 heteroatoms. The molecule has 11 nitrogen and oxygen atoms in total. The quantitative estimate of drug-likeness (QED) is 0.311. The average molecular weight is 572 g/mol. The van der Waals surface area contributed by atoms with E-state index in [0.717, 1.165) is 9.25 Å². The van der Waals surface area contributed by atoms with Crippen molar-refractivity contribution in [2.24, 2.45) is 0 Å². The third-order valence-electron chi connectivity index (χ3n) is 7.11. The van der Waals surface area contributed by atoms with E-state index in [9.17, 15) is 19.2 Å². The third-order valence-corrected chi connectivity index (χ3v) is 7.11. The van der Waals surface area contributed by atoms with E-state index in [2.05, 4.69) is 10.4 Å². The fraction of sp³-hybridized carbons (Fsp3) is 0.259. The minimum Gasteiger partial charge on any atom is -0.493 e. The Labute approximate surface area is 229 Å². The number of hydrogen-bond acceptors (Lipinski definition) is 6. The van der Waals surface area contributed by atoms with Crippen LogP contribution in [0.15, 0.2) is 62.9 Å². The number of nitrogens with zero attached hydrogens (tertiary/aromatic N) is 2. The molecule has 2 aromatic heterocycles. The molecule has 4 aromatic rings. The lowest BCUT2D eigenvalue weighted by molar-refractivity contribution is -0.181. The number of fused-ring (bicyclic) bond motifs is 1. The Bertz CT molecular complexity index is 1840. The van der Waals surface area contributed by atoms with Gasteiger partial charge in [0, 0.05) is 12.2 Å². The highest BCUT2D eigenvalue weighted by molar-refractivity contribution is 6.08. The first-order valence-corrected chi connectivity index (χ1v) is 12.3.